The van der Waals surface area contributed by atoms with E-state index in [9.17, 15) is 23.3 Å². The number of imidazole rings is 1. The minimum absolute atomic E-state index is 0.0788. The molecule has 58 heavy (non-hydrogen) atoms. The van der Waals surface area contributed by atoms with Gasteiger partial charge in [0.05, 0.1) is 22.6 Å². The van der Waals surface area contributed by atoms with Crippen molar-refractivity contribution < 1.29 is 28.0 Å². The molecule has 5 N–H and O–H groups in total. The molecule has 11 nitrogen and oxygen atoms in total. The van der Waals surface area contributed by atoms with Crippen LogP contribution in [-0.4, -0.2) is 75.5 Å². The summed E-state index contributed by atoms with van der Waals surface area (Å²) >= 11 is 1.42. The molecule has 1 aliphatic rings. The average molecular weight is 811 g/mol. The number of benzene rings is 2. The van der Waals surface area contributed by atoms with Crippen LogP contribution in [0.3, 0.4) is 0 Å². The van der Waals surface area contributed by atoms with Crippen molar-refractivity contribution in [2.45, 2.75) is 70.6 Å². The Morgan fingerprint density at radius 3 is 2.48 bits per heavy atom. The number of unbranched alkanes of at least 4 members (excludes halogenated alkanes) is 1. The normalized spacial score (nSPS) is 14.4. The number of hydrogen-bond donors (Lipinski definition) is 5. The van der Waals surface area contributed by atoms with Gasteiger partial charge in [-0.3, -0.25) is 13.4 Å². The first kappa shape index (κ1) is 42.1. The van der Waals surface area contributed by atoms with Crippen LogP contribution < -0.4 is 25.8 Å². The molecule has 0 unspecified atom stereocenters. The SMILES string of the molecule is CC(C)(CCCCC(C)(C)NC(=O)COc1ccc(/C=C/C2=NC(=C\c3ccc(-c4cccs4)n3B(F)F)/C=C2)cc1)NC[C@H](O)COc1cccc2[nH]c(=O)[nH]c12. The second kappa shape index (κ2) is 18.8. The molecule has 0 spiro atoms. The van der Waals surface area contributed by atoms with Gasteiger partial charge in [-0.25, -0.2) is 9.79 Å². The lowest BCUT2D eigenvalue weighted by Gasteiger charge is -2.30. The number of thiophene rings is 1. The van der Waals surface area contributed by atoms with Crippen LogP contribution >= 0.6 is 11.3 Å². The fourth-order valence-electron chi connectivity index (χ4n) is 6.64. The molecule has 6 rings (SSSR count). The maximum Gasteiger partial charge on any atom is 0.678 e. The highest BCUT2D eigenvalue weighted by atomic mass is 32.1. The maximum atomic E-state index is 14.0. The molecule has 1 aliphatic heterocycles. The summed E-state index contributed by atoms with van der Waals surface area (Å²) in [5, 5.41) is 18.9. The van der Waals surface area contributed by atoms with E-state index in [0.29, 0.717) is 51.9 Å². The number of allylic oxidation sites excluding steroid dienone is 3. The molecule has 304 valence electrons. The van der Waals surface area contributed by atoms with E-state index in [1.54, 1.807) is 54.6 Å². The minimum Gasteiger partial charge on any atom is -0.489 e. The quantitative estimate of drug-likeness (QED) is 0.0400. The van der Waals surface area contributed by atoms with Crippen molar-refractivity contribution in [3.05, 3.63) is 118 Å². The Bertz CT molecular complexity index is 2340. The molecule has 2 aromatic carbocycles. The molecule has 1 atom stereocenters. The second-order valence-corrected chi connectivity index (χ2v) is 16.5. The fourth-order valence-corrected chi connectivity index (χ4v) is 7.39. The molecule has 0 saturated carbocycles. The number of fused-ring (bicyclic) bond motifs is 1. The molecular weight excluding hydrogens is 761 g/mol. The Kier molecular flexibility index (Phi) is 13.7. The van der Waals surface area contributed by atoms with E-state index in [1.807, 2.05) is 61.7 Å². The van der Waals surface area contributed by atoms with Gasteiger partial charge in [0.25, 0.3) is 5.91 Å². The van der Waals surface area contributed by atoms with Gasteiger partial charge < -0.3 is 39.7 Å². The number of hydrogen-bond acceptors (Lipinski definition) is 8. The third-order valence-corrected chi connectivity index (χ3v) is 10.6. The number of ether oxygens (including phenoxy) is 2. The minimum atomic E-state index is -2.68. The van der Waals surface area contributed by atoms with Gasteiger partial charge in [0.15, 0.2) is 6.61 Å². The fraction of sp³-hybridized carbons (Fsp3) is 0.326. The first-order valence-electron chi connectivity index (χ1n) is 19.2. The third kappa shape index (κ3) is 11.8. The topological polar surface area (TPSA) is 146 Å². The van der Waals surface area contributed by atoms with Gasteiger partial charge in [0, 0.05) is 28.2 Å². The van der Waals surface area contributed by atoms with Crippen molar-refractivity contribution in [3.8, 4) is 22.1 Å². The van der Waals surface area contributed by atoms with Crippen molar-refractivity contribution in [1.29, 1.82) is 0 Å². The van der Waals surface area contributed by atoms with Crippen LogP contribution in [0.25, 0.3) is 33.8 Å². The average Bonchev–Trinajstić information content (AvgIpc) is 4.01. The molecule has 0 saturated heterocycles. The van der Waals surface area contributed by atoms with Gasteiger partial charge in [-0.05, 0) is 118 Å². The van der Waals surface area contributed by atoms with E-state index in [-0.39, 0.29) is 30.3 Å². The lowest BCUT2D eigenvalue weighted by Crippen LogP contribution is -2.46. The third-order valence-electron chi connectivity index (χ3n) is 9.69. The summed E-state index contributed by atoms with van der Waals surface area (Å²) in [5.74, 6) is 0.867. The van der Waals surface area contributed by atoms with Crippen LogP contribution in [0.2, 0.25) is 0 Å². The zero-order valence-electron chi connectivity index (χ0n) is 33.1. The van der Waals surface area contributed by atoms with E-state index in [0.717, 1.165) is 40.6 Å². The van der Waals surface area contributed by atoms with Gasteiger partial charge >= 0.3 is 13.1 Å². The number of aliphatic imine (C=N–C) groups is 1. The molecule has 0 bridgehead atoms. The van der Waals surface area contributed by atoms with Crippen molar-refractivity contribution in [2.75, 3.05) is 19.8 Å². The van der Waals surface area contributed by atoms with E-state index in [1.165, 1.54) is 11.3 Å². The van der Waals surface area contributed by atoms with Crippen LogP contribution in [0.1, 0.15) is 64.6 Å². The molecule has 1 amide bonds. The zero-order valence-corrected chi connectivity index (χ0v) is 33.9. The lowest BCUT2D eigenvalue weighted by molar-refractivity contribution is -0.124. The summed E-state index contributed by atoms with van der Waals surface area (Å²) in [6.07, 6.45) is 11.8. The van der Waals surface area contributed by atoms with Gasteiger partial charge in [-0.15, -0.1) is 11.3 Å². The van der Waals surface area contributed by atoms with Crippen LogP contribution in [-0.2, 0) is 4.79 Å². The highest BCUT2D eigenvalue weighted by molar-refractivity contribution is 7.13. The number of nitrogens with zero attached hydrogens (tertiary/aromatic N) is 2. The van der Waals surface area contributed by atoms with Crippen LogP contribution in [0.4, 0.5) is 8.63 Å². The number of aliphatic hydroxyl groups is 1. The van der Waals surface area contributed by atoms with Gasteiger partial charge in [-0.1, -0.05) is 43.2 Å². The summed E-state index contributed by atoms with van der Waals surface area (Å²) in [6, 6.07) is 19.7. The molecular formula is C43H49BF2N6O5S. The second-order valence-electron chi connectivity index (χ2n) is 15.5. The predicted octanol–water partition coefficient (Wildman–Crippen LogP) is 7.87. The Labute approximate surface area is 340 Å². The molecule has 3 aromatic heterocycles. The van der Waals surface area contributed by atoms with Gasteiger partial charge in [0.2, 0.25) is 0 Å². The van der Waals surface area contributed by atoms with Crippen LogP contribution in [0, 0.1) is 0 Å². The number of nitrogens with one attached hydrogen (secondary N) is 4. The molecule has 0 aliphatic carbocycles. The Morgan fingerprint density at radius 2 is 1.74 bits per heavy atom. The number of β-amino-alcohol motifs (C(OH)–C–C–N with tert-alkyl or cyclic N) is 1. The number of para-hydroxylation sites is 1. The highest BCUT2D eigenvalue weighted by Gasteiger charge is 2.25. The largest absolute Gasteiger partial charge is 0.678 e. The summed E-state index contributed by atoms with van der Waals surface area (Å²) in [6.45, 7) is 8.51. The lowest BCUT2D eigenvalue weighted by atomic mass is 9.92. The Morgan fingerprint density at radius 1 is 0.966 bits per heavy atom. The molecule has 0 fully saturated rings. The number of H-pyrrole nitrogens is 2. The summed E-state index contributed by atoms with van der Waals surface area (Å²) in [4.78, 5) is 35.2. The molecule has 0 radical (unpaired) electrons. The first-order valence-corrected chi connectivity index (χ1v) is 20.1. The van der Waals surface area contributed by atoms with E-state index in [4.69, 9.17) is 9.47 Å². The zero-order chi connectivity index (χ0) is 41.3. The summed E-state index contributed by atoms with van der Waals surface area (Å²) in [7, 11) is -2.68. The highest BCUT2D eigenvalue weighted by Crippen LogP contribution is 2.30. The number of carbonyl (C=O) groups is 1. The van der Waals surface area contributed by atoms with E-state index >= 15 is 0 Å². The number of aromatic amines is 2. The Hall–Kier alpha value is -5.51. The maximum absolute atomic E-state index is 14.0. The van der Waals surface area contributed by atoms with Crippen molar-refractivity contribution in [3.63, 3.8) is 0 Å². The standard InChI is InChI=1S/C43H49BF2N6O5S/c1-42(2,47-26-33(53)27-57-37-10-7-9-35-40(37)50-41(55)49-35)22-5-6-23-43(3,4)51-39(54)28-56-34-19-13-29(14-20-34)12-15-30-16-17-31(48-30)25-32-18-21-36(52(32)44(45)46)38-11-8-24-58-38/h7-21,24-25,33,47,53H,5-6,22-23,26-28H2,1-4H3,(H,51,54)(H2,49,50,55)/b15-12+,31-25-/t33-/m0/s1. The van der Waals surface area contributed by atoms with Gasteiger partial charge in [-0.2, -0.15) is 0 Å². The predicted molar refractivity (Wildman–Crippen MR) is 230 cm³/mol. The van der Waals surface area contributed by atoms with Crippen LogP contribution in [0.15, 0.2) is 106 Å². The number of carbonyl (C=O) groups excluding carboxylic acids is 1. The number of halogens is 2. The van der Waals surface area contributed by atoms with Crippen molar-refractivity contribution in [2.24, 2.45) is 4.99 Å². The number of amides is 1. The monoisotopic (exact) mass is 810 g/mol. The van der Waals surface area contributed by atoms with Crippen molar-refractivity contribution >= 4 is 53.5 Å². The Balaban J connectivity index is 0.877. The van der Waals surface area contributed by atoms with Gasteiger partial charge in [0.1, 0.15) is 29.7 Å². The molecule has 15 heteroatoms. The molecule has 5 aromatic rings. The number of aliphatic hydroxyl groups excluding tert-OH is 1. The number of rotatable bonds is 20. The van der Waals surface area contributed by atoms with Crippen LogP contribution in [0.5, 0.6) is 11.5 Å². The smallest absolute Gasteiger partial charge is 0.489 e. The molecule has 4 heterocycles. The first-order chi connectivity index (χ1) is 27.7. The summed E-state index contributed by atoms with van der Waals surface area (Å²) < 4.78 is 40.5. The number of aromatic nitrogens is 3. The van der Waals surface area contributed by atoms with E-state index < -0.39 is 19.0 Å². The summed E-state index contributed by atoms with van der Waals surface area (Å²) in [5.41, 5.74) is 3.32. The van der Waals surface area contributed by atoms with E-state index in [2.05, 4.69) is 39.4 Å². The van der Waals surface area contributed by atoms with Crippen molar-refractivity contribution in [1.82, 2.24) is 25.1 Å².